The van der Waals surface area contributed by atoms with Crippen LogP contribution in [0.5, 0.6) is 0 Å². The van der Waals surface area contributed by atoms with E-state index in [-0.39, 0.29) is 11.4 Å². The van der Waals surface area contributed by atoms with E-state index in [0.717, 1.165) is 32.5 Å². The lowest BCUT2D eigenvalue weighted by atomic mass is 10.0. The van der Waals surface area contributed by atoms with Crippen LogP contribution in [-0.4, -0.2) is 63.5 Å². The van der Waals surface area contributed by atoms with Crippen molar-refractivity contribution in [1.82, 2.24) is 25.2 Å². The van der Waals surface area contributed by atoms with Gasteiger partial charge in [0.15, 0.2) is 5.96 Å². The van der Waals surface area contributed by atoms with E-state index in [1.54, 1.807) is 19.3 Å². The molecule has 0 bridgehead atoms. The Morgan fingerprint density at radius 3 is 2.77 bits per heavy atom. The lowest BCUT2D eigenvalue weighted by Crippen LogP contribution is -2.51. The van der Waals surface area contributed by atoms with Gasteiger partial charge in [0, 0.05) is 51.7 Å². The molecule has 1 fully saturated rings. The average molecular weight is 431 g/mol. The molecule has 9 heteroatoms. The van der Waals surface area contributed by atoms with Gasteiger partial charge >= 0.3 is 0 Å². The molecule has 1 saturated heterocycles. The van der Waals surface area contributed by atoms with Crippen molar-refractivity contribution in [1.29, 1.82) is 0 Å². The maximum Gasteiger partial charge on any atom is 0.242 e. The summed E-state index contributed by atoms with van der Waals surface area (Å²) >= 11 is 0. The van der Waals surface area contributed by atoms with Gasteiger partial charge in [-0.2, -0.15) is 0 Å². The summed E-state index contributed by atoms with van der Waals surface area (Å²) in [5.41, 5.74) is 1.32. The Bertz CT molecular complexity index is 906. The molecule has 1 aliphatic rings. The van der Waals surface area contributed by atoms with Gasteiger partial charge in [0.1, 0.15) is 4.90 Å². The van der Waals surface area contributed by atoms with Crippen molar-refractivity contribution < 1.29 is 8.42 Å². The van der Waals surface area contributed by atoms with Crippen LogP contribution >= 0.6 is 0 Å². The number of guanidine groups is 1. The first-order chi connectivity index (χ1) is 14.6. The Morgan fingerprint density at radius 1 is 1.20 bits per heavy atom. The van der Waals surface area contributed by atoms with E-state index < -0.39 is 10.0 Å². The first kappa shape index (κ1) is 22.2. The Morgan fingerprint density at radius 2 is 2.03 bits per heavy atom. The number of sulfonamides is 1. The Kier molecular flexibility index (Phi) is 8.18. The number of aromatic nitrogens is 1. The summed E-state index contributed by atoms with van der Waals surface area (Å²) in [6, 6.07) is 13.9. The van der Waals surface area contributed by atoms with Gasteiger partial charge < -0.3 is 10.6 Å². The third-order valence-corrected chi connectivity index (χ3v) is 6.42. The smallest absolute Gasteiger partial charge is 0.242 e. The summed E-state index contributed by atoms with van der Waals surface area (Å²) in [5, 5.41) is 6.64. The molecule has 1 aromatic heterocycles. The minimum Gasteiger partial charge on any atom is -0.355 e. The summed E-state index contributed by atoms with van der Waals surface area (Å²) in [5.74, 6) is 0.683. The molecule has 162 valence electrons. The van der Waals surface area contributed by atoms with E-state index in [1.165, 1.54) is 17.8 Å². The zero-order valence-corrected chi connectivity index (χ0v) is 18.1. The molecule has 0 amide bonds. The second-order valence-corrected chi connectivity index (χ2v) is 9.06. The molecule has 8 nitrogen and oxygen atoms in total. The van der Waals surface area contributed by atoms with E-state index >= 15 is 0 Å². The van der Waals surface area contributed by atoms with E-state index in [2.05, 4.69) is 54.5 Å². The highest BCUT2D eigenvalue weighted by molar-refractivity contribution is 7.89. The Labute approximate surface area is 178 Å². The highest BCUT2D eigenvalue weighted by Crippen LogP contribution is 2.13. The largest absolute Gasteiger partial charge is 0.355 e. The molecule has 1 aromatic carbocycles. The fourth-order valence-electron chi connectivity index (χ4n) is 3.50. The van der Waals surface area contributed by atoms with Crippen LogP contribution in [0.4, 0.5) is 0 Å². The van der Waals surface area contributed by atoms with Crippen molar-refractivity contribution in [2.75, 3.05) is 33.2 Å². The van der Waals surface area contributed by atoms with Crippen molar-refractivity contribution in [2.45, 2.75) is 30.3 Å². The number of pyridine rings is 1. The zero-order chi connectivity index (χ0) is 21.2. The van der Waals surface area contributed by atoms with Crippen LogP contribution in [0.2, 0.25) is 0 Å². The molecule has 0 aliphatic carbocycles. The molecule has 2 heterocycles. The molecule has 0 radical (unpaired) electrons. The van der Waals surface area contributed by atoms with E-state index in [1.807, 2.05) is 6.07 Å². The molecule has 3 rings (SSSR count). The number of benzene rings is 1. The molecular weight excluding hydrogens is 400 g/mol. The van der Waals surface area contributed by atoms with Gasteiger partial charge in [0.25, 0.3) is 0 Å². The molecule has 0 spiro atoms. The minimum atomic E-state index is -3.55. The molecule has 1 atom stereocenters. The second-order valence-electron chi connectivity index (χ2n) is 7.29. The third-order valence-electron chi connectivity index (χ3n) is 4.97. The van der Waals surface area contributed by atoms with Gasteiger partial charge in [0.05, 0.1) is 0 Å². The number of aliphatic imine (C=N–C) groups is 1. The predicted molar refractivity (Wildman–Crippen MR) is 119 cm³/mol. The topological polar surface area (TPSA) is 98.7 Å². The lowest BCUT2D eigenvalue weighted by molar-refractivity contribution is 0.192. The van der Waals surface area contributed by atoms with Crippen LogP contribution in [0.3, 0.4) is 0 Å². The number of piperidine rings is 1. The standard InChI is InChI=1S/C21H30N6O2S/c1-22-21(24-12-13-25-30(28,29)20-10-5-11-23-15-20)26-19-9-6-14-27(17-19)16-18-7-3-2-4-8-18/h2-5,7-8,10-11,15,19,25H,6,9,12-14,16-17H2,1H3,(H2,22,24,26). The molecule has 3 N–H and O–H groups in total. The van der Waals surface area contributed by atoms with Crippen molar-refractivity contribution in [3.05, 3.63) is 60.4 Å². The SMILES string of the molecule is CN=C(NCCNS(=O)(=O)c1cccnc1)NC1CCCN(Cc2ccccc2)C1. The maximum atomic E-state index is 12.2. The maximum absolute atomic E-state index is 12.2. The predicted octanol–water partition coefficient (Wildman–Crippen LogP) is 1.19. The first-order valence-corrected chi connectivity index (χ1v) is 11.7. The van der Waals surface area contributed by atoms with Gasteiger partial charge in [-0.05, 0) is 37.1 Å². The number of nitrogens with zero attached hydrogens (tertiary/aromatic N) is 3. The van der Waals surface area contributed by atoms with Crippen LogP contribution in [-0.2, 0) is 16.6 Å². The number of hydrogen-bond acceptors (Lipinski definition) is 5. The highest BCUT2D eigenvalue weighted by atomic mass is 32.2. The van der Waals surface area contributed by atoms with Gasteiger partial charge in [0.2, 0.25) is 10.0 Å². The summed E-state index contributed by atoms with van der Waals surface area (Å²) in [6.07, 6.45) is 5.09. The number of likely N-dealkylation sites (tertiary alicyclic amines) is 1. The summed E-state index contributed by atoms with van der Waals surface area (Å²) < 4.78 is 27.0. The fourth-order valence-corrected chi connectivity index (χ4v) is 4.50. The van der Waals surface area contributed by atoms with Gasteiger partial charge in [-0.1, -0.05) is 30.3 Å². The van der Waals surface area contributed by atoms with Crippen LogP contribution in [0.15, 0.2) is 64.7 Å². The minimum absolute atomic E-state index is 0.160. The fraction of sp³-hybridized carbons (Fsp3) is 0.429. The summed E-state index contributed by atoms with van der Waals surface area (Å²) in [7, 11) is -1.83. The van der Waals surface area contributed by atoms with Crippen molar-refractivity contribution >= 4 is 16.0 Å². The third kappa shape index (κ3) is 6.79. The Hall–Kier alpha value is -2.49. The molecule has 2 aromatic rings. The first-order valence-electron chi connectivity index (χ1n) is 10.2. The second kappa shape index (κ2) is 11.1. The molecule has 1 unspecified atom stereocenters. The van der Waals surface area contributed by atoms with Gasteiger partial charge in [-0.25, -0.2) is 13.1 Å². The van der Waals surface area contributed by atoms with Gasteiger partial charge in [-0.3, -0.25) is 14.9 Å². The molecule has 0 saturated carbocycles. The zero-order valence-electron chi connectivity index (χ0n) is 17.3. The van der Waals surface area contributed by atoms with Crippen LogP contribution in [0, 0.1) is 0 Å². The van der Waals surface area contributed by atoms with Crippen molar-refractivity contribution in [3.8, 4) is 0 Å². The average Bonchev–Trinajstić information content (AvgIpc) is 2.77. The highest BCUT2D eigenvalue weighted by Gasteiger charge is 2.21. The van der Waals surface area contributed by atoms with Crippen molar-refractivity contribution in [2.24, 2.45) is 4.99 Å². The molecule has 30 heavy (non-hydrogen) atoms. The Balaban J connectivity index is 1.42. The van der Waals surface area contributed by atoms with Crippen LogP contribution in [0.1, 0.15) is 18.4 Å². The number of hydrogen-bond donors (Lipinski definition) is 3. The van der Waals surface area contributed by atoms with Gasteiger partial charge in [-0.15, -0.1) is 0 Å². The van der Waals surface area contributed by atoms with Crippen molar-refractivity contribution in [3.63, 3.8) is 0 Å². The monoisotopic (exact) mass is 430 g/mol. The summed E-state index contributed by atoms with van der Waals surface area (Å²) in [6.45, 7) is 3.67. The van der Waals surface area contributed by atoms with E-state index in [0.29, 0.717) is 18.5 Å². The summed E-state index contributed by atoms with van der Waals surface area (Å²) in [4.78, 5) is 10.7. The molecule has 1 aliphatic heterocycles. The quantitative estimate of drug-likeness (QED) is 0.331. The number of nitrogens with one attached hydrogen (secondary N) is 3. The normalized spacial score (nSPS) is 18.2. The van der Waals surface area contributed by atoms with E-state index in [9.17, 15) is 8.42 Å². The van der Waals surface area contributed by atoms with E-state index in [4.69, 9.17) is 0 Å². The van der Waals surface area contributed by atoms with Crippen LogP contribution in [0.25, 0.3) is 0 Å². The van der Waals surface area contributed by atoms with Crippen LogP contribution < -0.4 is 15.4 Å². The molecular formula is C21H30N6O2S. The lowest BCUT2D eigenvalue weighted by Gasteiger charge is -2.34. The number of rotatable bonds is 8.